The highest BCUT2D eigenvalue weighted by Crippen LogP contribution is 2.22. The molecule has 132 valence electrons. The molecule has 1 amide bonds. The number of carbonyl (C=O) groups excluding carboxylic acids is 2. The molecule has 0 bridgehead atoms. The molecule has 0 heterocycles. The second-order valence-corrected chi connectivity index (χ2v) is 7.08. The Kier molecular flexibility index (Phi) is 6.65. The number of aryl methyl sites for hydroxylation is 3. The number of carbonyl (C=O) groups is 2. The maximum atomic E-state index is 12.2. The quantitative estimate of drug-likeness (QED) is 0.610. The Labute approximate surface area is 153 Å². The molecule has 1 N–H and O–H groups in total. The highest BCUT2D eigenvalue weighted by molar-refractivity contribution is 7.99. The van der Waals surface area contributed by atoms with E-state index in [0.29, 0.717) is 23.4 Å². The molecule has 0 radical (unpaired) electrons. The summed E-state index contributed by atoms with van der Waals surface area (Å²) in [7, 11) is 1.34. The van der Waals surface area contributed by atoms with Gasteiger partial charge in [0.2, 0.25) is 5.91 Å². The summed E-state index contributed by atoms with van der Waals surface area (Å²) in [5.41, 5.74) is 4.49. The van der Waals surface area contributed by atoms with Gasteiger partial charge in [-0.1, -0.05) is 12.1 Å². The van der Waals surface area contributed by atoms with Crippen LogP contribution in [0.2, 0.25) is 0 Å². The Balaban J connectivity index is 1.91. The molecule has 0 saturated carbocycles. The summed E-state index contributed by atoms with van der Waals surface area (Å²) in [4.78, 5) is 25.0. The number of rotatable bonds is 6. The first kappa shape index (κ1) is 19.1. The summed E-state index contributed by atoms with van der Waals surface area (Å²) in [6.07, 6.45) is 0.402. The summed E-state index contributed by atoms with van der Waals surface area (Å²) >= 11 is 1.66. The maximum Gasteiger partial charge on any atom is 0.337 e. The zero-order valence-corrected chi connectivity index (χ0v) is 15.8. The average Bonchev–Trinajstić information content (AvgIpc) is 2.59. The van der Waals surface area contributed by atoms with Crippen molar-refractivity contribution in [2.75, 3.05) is 18.2 Å². The predicted molar refractivity (Wildman–Crippen MR) is 102 cm³/mol. The third-order valence-electron chi connectivity index (χ3n) is 4.01. The summed E-state index contributed by atoms with van der Waals surface area (Å²) < 4.78 is 4.71. The molecule has 2 aromatic rings. The van der Waals surface area contributed by atoms with Gasteiger partial charge in [0.1, 0.15) is 0 Å². The van der Waals surface area contributed by atoms with Gasteiger partial charge in [-0.05, 0) is 61.7 Å². The van der Waals surface area contributed by atoms with Crippen LogP contribution in [0, 0.1) is 20.8 Å². The monoisotopic (exact) mass is 357 g/mol. The number of hydrogen-bond acceptors (Lipinski definition) is 4. The van der Waals surface area contributed by atoms with Crippen molar-refractivity contribution in [3.63, 3.8) is 0 Å². The lowest BCUT2D eigenvalue weighted by atomic mass is 10.1. The number of ether oxygens (including phenoxy) is 1. The molecule has 0 atom stereocenters. The first-order valence-electron chi connectivity index (χ1n) is 8.09. The zero-order valence-electron chi connectivity index (χ0n) is 15.0. The molecule has 4 nitrogen and oxygen atoms in total. The van der Waals surface area contributed by atoms with Gasteiger partial charge in [0.25, 0.3) is 0 Å². The van der Waals surface area contributed by atoms with Crippen LogP contribution in [-0.2, 0) is 9.53 Å². The van der Waals surface area contributed by atoms with Crippen LogP contribution in [0.15, 0.2) is 41.3 Å². The minimum atomic E-state index is -0.416. The molecule has 0 aliphatic rings. The third-order valence-corrected chi connectivity index (χ3v) is 5.00. The highest BCUT2D eigenvalue weighted by Gasteiger charge is 2.10. The molecule has 0 fully saturated rings. The molecule has 0 saturated heterocycles. The van der Waals surface area contributed by atoms with E-state index in [1.807, 2.05) is 6.92 Å². The van der Waals surface area contributed by atoms with E-state index < -0.39 is 5.97 Å². The van der Waals surface area contributed by atoms with E-state index in [1.54, 1.807) is 30.0 Å². The van der Waals surface area contributed by atoms with Crippen molar-refractivity contribution in [2.45, 2.75) is 32.1 Å². The van der Waals surface area contributed by atoms with Gasteiger partial charge in [0.05, 0.1) is 12.7 Å². The van der Waals surface area contributed by atoms with E-state index in [-0.39, 0.29) is 5.91 Å². The molecule has 2 aromatic carbocycles. The van der Waals surface area contributed by atoms with Crippen LogP contribution in [0.5, 0.6) is 0 Å². The van der Waals surface area contributed by atoms with Crippen molar-refractivity contribution in [3.8, 4) is 0 Å². The second-order valence-electron chi connectivity index (χ2n) is 5.91. The molecule has 0 aromatic heterocycles. The van der Waals surface area contributed by atoms with E-state index >= 15 is 0 Å². The lowest BCUT2D eigenvalue weighted by Crippen LogP contribution is -2.14. The van der Waals surface area contributed by atoms with E-state index in [9.17, 15) is 9.59 Å². The summed E-state index contributed by atoms with van der Waals surface area (Å²) in [5.74, 6) is 0.214. The van der Waals surface area contributed by atoms with Gasteiger partial charge in [-0.2, -0.15) is 0 Å². The molecule has 0 aliphatic carbocycles. The van der Waals surface area contributed by atoms with Crippen molar-refractivity contribution in [2.24, 2.45) is 0 Å². The lowest BCUT2D eigenvalue weighted by molar-refractivity contribution is -0.115. The van der Waals surface area contributed by atoms with Crippen molar-refractivity contribution >= 4 is 29.3 Å². The predicted octanol–water partition coefficient (Wildman–Crippen LogP) is 4.52. The number of thioether (sulfide) groups is 1. The molecular formula is C20H23NO3S. The Bertz CT molecular complexity index is 787. The third kappa shape index (κ3) is 5.36. The van der Waals surface area contributed by atoms with Crippen LogP contribution < -0.4 is 5.32 Å². The molecule has 0 aliphatic heterocycles. The largest absolute Gasteiger partial charge is 0.465 e. The second kappa shape index (κ2) is 8.72. The Morgan fingerprint density at radius 1 is 1.00 bits per heavy atom. The topological polar surface area (TPSA) is 55.4 Å². The number of benzene rings is 2. The number of anilines is 1. The van der Waals surface area contributed by atoms with Gasteiger partial charge in [-0.3, -0.25) is 4.79 Å². The fraction of sp³-hybridized carbons (Fsp3) is 0.300. The molecule has 2 rings (SSSR count). The minimum absolute atomic E-state index is 0.0681. The molecule has 0 spiro atoms. The fourth-order valence-corrected chi connectivity index (χ4v) is 3.23. The standard InChI is InChI=1S/C20H23NO3S/c1-13-6-8-17(11-15(13)3)25-10-9-19(22)21-18-12-16(20(23)24-4)7-5-14(18)2/h5-8,11-12H,9-10H2,1-4H3,(H,21,22). The van der Waals surface area contributed by atoms with Crippen molar-refractivity contribution < 1.29 is 14.3 Å². The zero-order chi connectivity index (χ0) is 18.4. The van der Waals surface area contributed by atoms with Gasteiger partial charge in [-0.15, -0.1) is 11.8 Å². The number of amides is 1. The van der Waals surface area contributed by atoms with Crippen LogP contribution in [0.3, 0.4) is 0 Å². The first-order chi connectivity index (χ1) is 11.9. The van der Waals surface area contributed by atoms with Crippen molar-refractivity contribution in [3.05, 3.63) is 58.7 Å². The number of methoxy groups -OCH3 is 1. The van der Waals surface area contributed by atoms with Crippen molar-refractivity contribution in [1.82, 2.24) is 0 Å². The Morgan fingerprint density at radius 2 is 1.72 bits per heavy atom. The molecule has 5 heteroatoms. The number of nitrogens with one attached hydrogen (secondary N) is 1. The summed E-state index contributed by atoms with van der Waals surface area (Å²) in [5, 5.41) is 2.88. The van der Waals surface area contributed by atoms with E-state index in [0.717, 1.165) is 5.56 Å². The number of hydrogen-bond donors (Lipinski definition) is 1. The van der Waals surface area contributed by atoms with E-state index in [1.165, 1.54) is 23.1 Å². The minimum Gasteiger partial charge on any atom is -0.465 e. The van der Waals surface area contributed by atoms with Crippen LogP contribution >= 0.6 is 11.8 Å². The van der Waals surface area contributed by atoms with E-state index in [4.69, 9.17) is 4.74 Å². The summed E-state index contributed by atoms with van der Waals surface area (Å²) in [6.45, 7) is 6.06. The van der Waals surface area contributed by atoms with Gasteiger partial charge < -0.3 is 10.1 Å². The smallest absolute Gasteiger partial charge is 0.337 e. The van der Waals surface area contributed by atoms with Crippen molar-refractivity contribution in [1.29, 1.82) is 0 Å². The van der Waals surface area contributed by atoms with Gasteiger partial charge in [-0.25, -0.2) is 4.79 Å². The lowest BCUT2D eigenvalue weighted by Gasteiger charge is -2.10. The van der Waals surface area contributed by atoms with Crippen LogP contribution in [0.1, 0.15) is 33.5 Å². The van der Waals surface area contributed by atoms with Gasteiger partial charge in [0.15, 0.2) is 0 Å². The van der Waals surface area contributed by atoms with Gasteiger partial charge in [0, 0.05) is 22.8 Å². The average molecular weight is 357 g/mol. The van der Waals surface area contributed by atoms with E-state index in [2.05, 4.69) is 37.4 Å². The molecule has 25 heavy (non-hydrogen) atoms. The Hall–Kier alpha value is -2.27. The SMILES string of the molecule is COC(=O)c1ccc(C)c(NC(=O)CCSc2ccc(C)c(C)c2)c1. The summed E-state index contributed by atoms with van der Waals surface area (Å²) in [6, 6.07) is 11.4. The fourth-order valence-electron chi connectivity index (χ4n) is 2.28. The Morgan fingerprint density at radius 3 is 2.40 bits per heavy atom. The number of esters is 1. The maximum absolute atomic E-state index is 12.2. The van der Waals surface area contributed by atoms with Gasteiger partial charge >= 0.3 is 5.97 Å². The highest BCUT2D eigenvalue weighted by atomic mass is 32.2. The van der Waals surface area contributed by atoms with Crippen LogP contribution in [0.4, 0.5) is 5.69 Å². The molecule has 0 unspecified atom stereocenters. The van der Waals surface area contributed by atoms with Crippen LogP contribution in [-0.4, -0.2) is 24.7 Å². The first-order valence-corrected chi connectivity index (χ1v) is 9.08. The molecular weight excluding hydrogens is 334 g/mol. The normalized spacial score (nSPS) is 10.4. The van der Waals surface area contributed by atoms with Crippen LogP contribution in [0.25, 0.3) is 0 Å².